The van der Waals surface area contributed by atoms with Gasteiger partial charge in [0.15, 0.2) is 0 Å². The van der Waals surface area contributed by atoms with Gasteiger partial charge in [0, 0.05) is 30.9 Å². The number of nitrogens with one attached hydrogen (secondary N) is 2. The number of anilines is 1. The monoisotopic (exact) mass is 440 g/mol. The highest BCUT2D eigenvalue weighted by molar-refractivity contribution is 7.93. The van der Waals surface area contributed by atoms with Crippen LogP contribution in [0.1, 0.15) is 0 Å². The number of benzene rings is 1. The summed E-state index contributed by atoms with van der Waals surface area (Å²) in [7, 11) is -8.20. The molecular formula is C17H17FN4O5S2. The molecule has 0 unspecified atom stereocenters. The fourth-order valence-electron chi connectivity index (χ4n) is 3.05. The summed E-state index contributed by atoms with van der Waals surface area (Å²) < 4.78 is 74.0. The molecule has 1 aromatic carbocycles. The molecule has 154 valence electrons. The first-order valence-corrected chi connectivity index (χ1v) is 11.5. The van der Waals surface area contributed by atoms with Gasteiger partial charge in [0.25, 0.3) is 10.0 Å². The van der Waals surface area contributed by atoms with Crippen molar-refractivity contribution in [2.75, 3.05) is 31.0 Å². The van der Waals surface area contributed by atoms with Gasteiger partial charge in [0.1, 0.15) is 21.3 Å². The molecule has 0 saturated carbocycles. The first kappa shape index (κ1) is 19.8. The zero-order valence-corrected chi connectivity index (χ0v) is 16.6. The number of aromatic amines is 1. The Morgan fingerprint density at radius 1 is 1.10 bits per heavy atom. The Morgan fingerprint density at radius 3 is 2.62 bits per heavy atom. The van der Waals surface area contributed by atoms with E-state index in [9.17, 15) is 21.2 Å². The molecule has 4 rings (SSSR count). The molecule has 0 bridgehead atoms. The molecular weight excluding hydrogens is 423 g/mol. The summed E-state index contributed by atoms with van der Waals surface area (Å²) in [6, 6.07) is 6.25. The summed E-state index contributed by atoms with van der Waals surface area (Å²) in [5.74, 6) is -0.962. The van der Waals surface area contributed by atoms with Gasteiger partial charge in [-0.25, -0.2) is 26.2 Å². The molecule has 2 N–H and O–H groups in total. The van der Waals surface area contributed by atoms with E-state index in [4.69, 9.17) is 4.74 Å². The molecule has 29 heavy (non-hydrogen) atoms. The second-order valence-electron chi connectivity index (χ2n) is 6.32. The van der Waals surface area contributed by atoms with Crippen LogP contribution >= 0.6 is 0 Å². The molecule has 1 aliphatic rings. The summed E-state index contributed by atoms with van der Waals surface area (Å²) in [5, 5.41) is 0.378. The number of hydrogen-bond acceptors (Lipinski definition) is 6. The van der Waals surface area contributed by atoms with Crippen LogP contribution in [0, 0.1) is 5.82 Å². The highest BCUT2D eigenvalue weighted by Gasteiger charge is 2.30. The van der Waals surface area contributed by atoms with Gasteiger partial charge >= 0.3 is 0 Å². The summed E-state index contributed by atoms with van der Waals surface area (Å²) in [5.41, 5.74) is 0.319. The van der Waals surface area contributed by atoms with Crippen LogP contribution in [-0.2, 0) is 24.8 Å². The van der Waals surface area contributed by atoms with Crippen LogP contribution < -0.4 is 4.72 Å². The topological polar surface area (TPSA) is 121 Å². The van der Waals surface area contributed by atoms with E-state index < -0.39 is 30.8 Å². The minimum atomic E-state index is -4.13. The minimum Gasteiger partial charge on any atom is -0.379 e. The maximum Gasteiger partial charge on any atom is 0.264 e. The Kier molecular flexibility index (Phi) is 5.02. The van der Waals surface area contributed by atoms with Gasteiger partial charge in [0.2, 0.25) is 10.0 Å². The Labute approximate surface area is 166 Å². The van der Waals surface area contributed by atoms with Gasteiger partial charge in [-0.05, 0) is 30.3 Å². The van der Waals surface area contributed by atoms with Crippen LogP contribution in [-0.4, -0.2) is 57.4 Å². The number of ether oxygens (including phenoxy) is 1. The molecule has 9 nitrogen and oxygen atoms in total. The van der Waals surface area contributed by atoms with Crippen molar-refractivity contribution in [2.45, 2.75) is 9.79 Å². The zero-order chi connectivity index (χ0) is 20.6. The summed E-state index contributed by atoms with van der Waals surface area (Å²) in [6.45, 7) is 0.615. The first-order valence-electron chi connectivity index (χ1n) is 8.61. The van der Waals surface area contributed by atoms with Gasteiger partial charge in [-0.2, -0.15) is 4.31 Å². The molecule has 0 radical (unpaired) electrons. The third kappa shape index (κ3) is 3.71. The zero-order valence-electron chi connectivity index (χ0n) is 15.0. The van der Waals surface area contributed by atoms with Crippen LogP contribution in [0.4, 0.5) is 10.1 Å². The van der Waals surface area contributed by atoms with Crippen LogP contribution in [0.15, 0.2) is 52.5 Å². The quantitative estimate of drug-likeness (QED) is 0.621. The molecule has 0 atom stereocenters. The van der Waals surface area contributed by atoms with Crippen molar-refractivity contribution in [3.63, 3.8) is 0 Å². The lowest BCUT2D eigenvalue weighted by Crippen LogP contribution is -2.40. The van der Waals surface area contributed by atoms with Gasteiger partial charge < -0.3 is 9.72 Å². The van der Waals surface area contributed by atoms with E-state index in [1.165, 1.54) is 12.4 Å². The van der Waals surface area contributed by atoms with Crippen LogP contribution in [0.3, 0.4) is 0 Å². The third-order valence-electron chi connectivity index (χ3n) is 4.47. The van der Waals surface area contributed by atoms with E-state index in [1.54, 1.807) is 12.1 Å². The average molecular weight is 440 g/mol. The number of aromatic nitrogens is 2. The number of rotatable bonds is 5. The third-order valence-corrected chi connectivity index (χ3v) is 7.81. The molecule has 3 aromatic rings. The van der Waals surface area contributed by atoms with E-state index >= 15 is 0 Å². The molecule has 1 saturated heterocycles. The number of morpholine rings is 1. The van der Waals surface area contributed by atoms with Crippen molar-refractivity contribution < 1.29 is 26.0 Å². The molecule has 12 heteroatoms. The highest BCUT2D eigenvalue weighted by Crippen LogP contribution is 2.27. The van der Waals surface area contributed by atoms with Crippen LogP contribution in [0.2, 0.25) is 0 Å². The standard InChI is InChI=1S/C17H17FN4O5S2/c18-14-4-3-12(10-15(14)29(25,26)22-6-8-27-9-7-22)21-28(23,24)16-11-20-17-13(16)2-1-5-19-17/h1-5,10-11,21H,6-9H2,(H,19,20). The molecule has 3 heterocycles. The fraction of sp³-hybridized carbons (Fsp3) is 0.235. The largest absolute Gasteiger partial charge is 0.379 e. The lowest BCUT2D eigenvalue weighted by Gasteiger charge is -2.26. The number of pyridine rings is 1. The highest BCUT2D eigenvalue weighted by atomic mass is 32.2. The van der Waals surface area contributed by atoms with E-state index in [0.717, 1.165) is 22.5 Å². The number of sulfonamides is 2. The summed E-state index contributed by atoms with van der Waals surface area (Å²) in [4.78, 5) is 6.15. The number of halogens is 1. The van der Waals surface area contributed by atoms with Gasteiger partial charge in [-0.15, -0.1) is 0 Å². The van der Waals surface area contributed by atoms with E-state index in [0.29, 0.717) is 11.0 Å². The van der Waals surface area contributed by atoms with Crippen LogP contribution in [0.5, 0.6) is 0 Å². The second kappa shape index (κ2) is 7.37. The molecule has 0 aliphatic carbocycles. The Hall–Kier alpha value is -2.54. The minimum absolute atomic E-state index is 0.0532. The second-order valence-corrected chi connectivity index (χ2v) is 9.88. The lowest BCUT2D eigenvalue weighted by atomic mass is 10.3. The summed E-state index contributed by atoms with van der Waals surface area (Å²) in [6.07, 6.45) is 2.81. The van der Waals surface area contributed by atoms with Gasteiger partial charge in [-0.1, -0.05) is 0 Å². The van der Waals surface area contributed by atoms with E-state index in [-0.39, 0.29) is 36.9 Å². The number of fused-ring (bicyclic) bond motifs is 1. The summed E-state index contributed by atoms with van der Waals surface area (Å²) >= 11 is 0. The van der Waals surface area contributed by atoms with Gasteiger partial charge in [-0.3, -0.25) is 4.72 Å². The van der Waals surface area contributed by atoms with Crippen molar-refractivity contribution in [2.24, 2.45) is 0 Å². The van der Waals surface area contributed by atoms with E-state index in [2.05, 4.69) is 14.7 Å². The van der Waals surface area contributed by atoms with Crippen molar-refractivity contribution in [1.29, 1.82) is 0 Å². The fourth-order valence-corrected chi connectivity index (χ4v) is 5.77. The predicted octanol–water partition coefficient (Wildman–Crippen LogP) is 1.52. The van der Waals surface area contributed by atoms with Crippen molar-refractivity contribution in [3.05, 3.63) is 48.5 Å². The smallest absolute Gasteiger partial charge is 0.264 e. The maximum atomic E-state index is 14.3. The average Bonchev–Trinajstić information content (AvgIpc) is 3.15. The Morgan fingerprint density at radius 2 is 1.86 bits per heavy atom. The normalized spacial score (nSPS) is 16.2. The lowest BCUT2D eigenvalue weighted by molar-refractivity contribution is 0.0729. The van der Waals surface area contributed by atoms with Crippen molar-refractivity contribution in [1.82, 2.24) is 14.3 Å². The van der Waals surface area contributed by atoms with Crippen LogP contribution in [0.25, 0.3) is 11.0 Å². The number of H-pyrrole nitrogens is 1. The van der Waals surface area contributed by atoms with Gasteiger partial charge in [0.05, 0.1) is 18.9 Å². The first-order chi connectivity index (χ1) is 13.8. The molecule has 1 aliphatic heterocycles. The predicted molar refractivity (Wildman–Crippen MR) is 103 cm³/mol. The Balaban J connectivity index is 1.69. The number of hydrogen-bond donors (Lipinski definition) is 2. The molecule has 2 aromatic heterocycles. The Bertz CT molecular complexity index is 1270. The molecule has 0 amide bonds. The van der Waals surface area contributed by atoms with Crippen molar-refractivity contribution in [3.8, 4) is 0 Å². The van der Waals surface area contributed by atoms with Crippen molar-refractivity contribution >= 4 is 36.8 Å². The molecule has 0 spiro atoms. The SMILES string of the molecule is O=S(=O)(Nc1ccc(F)c(S(=O)(=O)N2CCOCC2)c1)c1c[nH]c2ncccc12. The molecule has 1 fully saturated rings. The maximum absolute atomic E-state index is 14.3. The number of nitrogens with zero attached hydrogens (tertiary/aromatic N) is 2. The van der Waals surface area contributed by atoms with E-state index in [1.807, 2.05) is 0 Å².